The largest absolute Gasteiger partial charge is 0.339 e. The van der Waals surface area contributed by atoms with Gasteiger partial charge in [-0.15, -0.1) is 0 Å². The van der Waals surface area contributed by atoms with Gasteiger partial charge in [0.05, 0.1) is 6.42 Å². The zero-order valence-corrected chi connectivity index (χ0v) is 7.92. The van der Waals surface area contributed by atoms with Crippen LogP contribution in [-0.2, 0) is 11.2 Å². The molecule has 1 unspecified atom stereocenters. The van der Waals surface area contributed by atoms with Gasteiger partial charge in [0.15, 0.2) is 5.82 Å². The molecule has 1 aromatic rings. The maximum absolute atomic E-state index is 10.2. The van der Waals surface area contributed by atoms with Crippen LogP contribution in [0.15, 0.2) is 4.52 Å². The van der Waals surface area contributed by atoms with E-state index in [4.69, 9.17) is 4.52 Å². The minimum atomic E-state index is 0.253. The first kappa shape index (κ1) is 8.74. The van der Waals surface area contributed by atoms with Gasteiger partial charge in [0.2, 0.25) is 5.89 Å². The molecule has 0 aliphatic carbocycles. The Bertz CT molecular complexity index is 294. The third kappa shape index (κ3) is 1.91. The fourth-order valence-corrected chi connectivity index (χ4v) is 2.53. The topological polar surface area (TPSA) is 56.0 Å². The summed E-state index contributed by atoms with van der Waals surface area (Å²) >= 11 is 1.90. The molecule has 1 fully saturated rings. The van der Waals surface area contributed by atoms with Crippen molar-refractivity contribution in [3.8, 4) is 0 Å². The zero-order chi connectivity index (χ0) is 9.10. The summed E-state index contributed by atoms with van der Waals surface area (Å²) in [6.45, 7) is 0. The number of carbonyl (C=O) groups excluding carboxylic acids is 1. The van der Waals surface area contributed by atoms with E-state index in [9.17, 15) is 4.79 Å². The fraction of sp³-hybridized carbons (Fsp3) is 0.625. The predicted octanol–water partition coefficient (Wildman–Crippen LogP) is 1.03. The molecule has 0 N–H and O–H groups in total. The number of thioether (sulfide) groups is 1. The van der Waals surface area contributed by atoms with Crippen molar-refractivity contribution in [1.29, 1.82) is 0 Å². The molecule has 70 valence electrons. The quantitative estimate of drug-likeness (QED) is 0.679. The third-order valence-corrected chi connectivity index (χ3v) is 3.19. The predicted molar refractivity (Wildman–Crippen MR) is 48.7 cm³/mol. The van der Waals surface area contributed by atoms with Crippen LogP contribution in [0.1, 0.15) is 24.1 Å². The number of hydrogen-bond acceptors (Lipinski definition) is 5. The Morgan fingerprint density at radius 1 is 1.69 bits per heavy atom. The molecule has 0 saturated carbocycles. The Hall–Kier alpha value is -0.840. The summed E-state index contributed by atoms with van der Waals surface area (Å²) in [6, 6.07) is 0. The average molecular weight is 198 g/mol. The molecule has 1 aliphatic heterocycles. The Morgan fingerprint density at radius 2 is 2.62 bits per heavy atom. The van der Waals surface area contributed by atoms with Crippen molar-refractivity contribution in [2.24, 2.45) is 0 Å². The number of aldehydes is 1. The minimum Gasteiger partial charge on any atom is -0.339 e. The minimum absolute atomic E-state index is 0.253. The second-order valence-corrected chi connectivity index (χ2v) is 4.13. The lowest BCUT2D eigenvalue weighted by atomic mass is 10.1. The van der Waals surface area contributed by atoms with Crippen LogP contribution in [0.5, 0.6) is 0 Å². The number of aromatic nitrogens is 2. The molecule has 0 radical (unpaired) electrons. The first-order chi connectivity index (χ1) is 6.40. The van der Waals surface area contributed by atoms with Gasteiger partial charge in [0.25, 0.3) is 0 Å². The molecule has 1 saturated heterocycles. The van der Waals surface area contributed by atoms with Crippen molar-refractivity contribution in [2.75, 3.05) is 11.5 Å². The van der Waals surface area contributed by atoms with E-state index in [1.807, 2.05) is 11.8 Å². The van der Waals surface area contributed by atoms with Gasteiger partial charge in [0, 0.05) is 11.7 Å². The van der Waals surface area contributed by atoms with Crippen LogP contribution < -0.4 is 0 Å². The Balaban J connectivity index is 2.07. The molecule has 0 aromatic carbocycles. The van der Waals surface area contributed by atoms with Crippen molar-refractivity contribution in [3.05, 3.63) is 11.7 Å². The standard InChI is InChI=1S/C8H10N2O2S/c11-3-1-7-9-8(12-10-7)6-2-4-13-5-6/h3,6H,1-2,4-5H2. The van der Waals surface area contributed by atoms with Crippen LogP contribution in [0.2, 0.25) is 0 Å². The van der Waals surface area contributed by atoms with Crippen molar-refractivity contribution < 1.29 is 9.32 Å². The highest BCUT2D eigenvalue weighted by Gasteiger charge is 2.23. The van der Waals surface area contributed by atoms with Crippen molar-refractivity contribution in [2.45, 2.75) is 18.8 Å². The van der Waals surface area contributed by atoms with Crippen molar-refractivity contribution >= 4 is 18.0 Å². The molecule has 4 nitrogen and oxygen atoms in total. The third-order valence-electron chi connectivity index (χ3n) is 2.03. The summed E-state index contributed by atoms with van der Waals surface area (Å²) < 4.78 is 5.07. The molecule has 13 heavy (non-hydrogen) atoms. The van der Waals surface area contributed by atoms with Crippen LogP contribution in [0, 0.1) is 0 Å². The number of rotatable bonds is 3. The molecule has 5 heteroatoms. The van der Waals surface area contributed by atoms with Gasteiger partial charge in [0.1, 0.15) is 6.29 Å². The number of carbonyl (C=O) groups is 1. The highest BCUT2D eigenvalue weighted by molar-refractivity contribution is 7.99. The van der Waals surface area contributed by atoms with Crippen LogP contribution in [0.25, 0.3) is 0 Å². The highest BCUT2D eigenvalue weighted by Crippen LogP contribution is 2.31. The van der Waals surface area contributed by atoms with Gasteiger partial charge in [-0.25, -0.2) is 0 Å². The summed E-state index contributed by atoms with van der Waals surface area (Å²) in [5.74, 6) is 3.82. The van der Waals surface area contributed by atoms with Crippen LogP contribution in [0.3, 0.4) is 0 Å². The van der Waals surface area contributed by atoms with E-state index >= 15 is 0 Å². The lowest BCUT2D eigenvalue weighted by molar-refractivity contribution is -0.107. The van der Waals surface area contributed by atoms with Gasteiger partial charge in [-0.1, -0.05) is 5.16 Å². The Morgan fingerprint density at radius 3 is 3.31 bits per heavy atom. The Kier molecular flexibility index (Phi) is 2.63. The maximum atomic E-state index is 10.2. The molecule has 1 atom stereocenters. The molecular weight excluding hydrogens is 188 g/mol. The molecule has 1 aromatic heterocycles. The zero-order valence-electron chi connectivity index (χ0n) is 7.10. The van der Waals surface area contributed by atoms with Gasteiger partial charge in [-0.05, 0) is 12.2 Å². The van der Waals surface area contributed by atoms with Gasteiger partial charge in [-0.3, -0.25) is 0 Å². The SMILES string of the molecule is O=CCc1noc(C2CCSC2)n1. The van der Waals surface area contributed by atoms with Crippen molar-refractivity contribution in [3.63, 3.8) is 0 Å². The smallest absolute Gasteiger partial charge is 0.230 e. The van der Waals surface area contributed by atoms with E-state index in [1.165, 1.54) is 0 Å². The normalized spacial score (nSPS) is 22.0. The monoisotopic (exact) mass is 198 g/mol. The van der Waals surface area contributed by atoms with E-state index in [0.717, 1.165) is 24.2 Å². The lowest BCUT2D eigenvalue weighted by Gasteiger charge is -1.97. The molecule has 1 aliphatic rings. The fourth-order valence-electron chi connectivity index (χ4n) is 1.32. The summed E-state index contributed by atoms with van der Waals surface area (Å²) in [5.41, 5.74) is 0. The van der Waals surface area contributed by atoms with Gasteiger partial charge >= 0.3 is 0 Å². The van der Waals surface area contributed by atoms with Gasteiger partial charge < -0.3 is 9.32 Å². The van der Waals surface area contributed by atoms with Crippen molar-refractivity contribution in [1.82, 2.24) is 10.1 Å². The summed E-state index contributed by atoms with van der Waals surface area (Å²) in [5, 5.41) is 3.72. The van der Waals surface area contributed by atoms with Crippen LogP contribution in [-0.4, -0.2) is 27.9 Å². The summed E-state index contributed by atoms with van der Waals surface area (Å²) in [6.07, 6.45) is 2.15. The second-order valence-electron chi connectivity index (χ2n) is 2.98. The second kappa shape index (κ2) is 3.91. The van der Waals surface area contributed by atoms with Crippen LogP contribution >= 0.6 is 11.8 Å². The lowest BCUT2D eigenvalue weighted by Crippen LogP contribution is -1.97. The summed E-state index contributed by atoms with van der Waals surface area (Å²) in [4.78, 5) is 14.3. The highest BCUT2D eigenvalue weighted by atomic mass is 32.2. The molecule has 0 amide bonds. The number of nitrogens with zero attached hydrogens (tertiary/aromatic N) is 2. The van der Waals surface area contributed by atoms with E-state index < -0.39 is 0 Å². The molecule has 2 rings (SSSR count). The number of hydrogen-bond donors (Lipinski definition) is 0. The summed E-state index contributed by atoms with van der Waals surface area (Å²) in [7, 11) is 0. The van der Waals surface area contributed by atoms with E-state index in [0.29, 0.717) is 17.6 Å². The molecule has 0 spiro atoms. The first-order valence-electron chi connectivity index (χ1n) is 4.24. The van der Waals surface area contributed by atoms with Gasteiger partial charge in [-0.2, -0.15) is 16.7 Å². The molecule has 0 bridgehead atoms. The van der Waals surface area contributed by atoms with E-state index in [2.05, 4.69) is 10.1 Å². The Labute approximate surface area is 80.1 Å². The van der Waals surface area contributed by atoms with E-state index in [-0.39, 0.29) is 6.42 Å². The molecule has 2 heterocycles. The maximum Gasteiger partial charge on any atom is 0.230 e. The molecular formula is C8H10N2O2S. The first-order valence-corrected chi connectivity index (χ1v) is 5.39. The van der Waals surface area contributed by atoms with Crippen LogP contribution in [0.4, 0.5) is 0 Å². The van der Waals surface area contributed by atoms with E-state index in [1.54, 1.807) is 0 Å². The average Bonchev–Trinajstić information content (AvgIpc) is 2.70.